The van der Waals surface area contributed by atoms with Crippen LogP contribution in [-0.4, -0.2) is 27.1 Å². The Morgan fingerprint density at radius 1 is 1.60 bits per heavy atom. The number of halogens is 1. The number of hydrogen-bond acceptors (Lipinski definition) is 5. The summed E-state index contributed by atoms with van der Waals surface area (Å²) in [6.07, 6.45) is 1.10. The molecule has 1 aromatic heterocycles. The van der Waals surface area contributed by atoms with Gasteiger partial charge in [-0.1, -0.05) is 22.9 Å². The summed E-state index contributed by atoms with van der Waals surface area (Å²) in [4.78, 5) is 11.8. The van der Waals surface area contributed by atoms with Gasteiger partial charge in [0.25, 0.3) is 0 Å². The Hall–Kier alpha value is -2.39. The molecule has 0 bridgehead atoms. The summed E-state index contributed by atoms with van der Waals surface area (Å²) < 4.78 is 6.47. The van der Waals surface area contributed by atoms with E-state index in [2.05, 4.69) is 10.3 Å². The summed E-state index contributed by atoms with van der Waals surface area (Å²) >= 11 is 5.88. The summed E-state index contributed by atoms with van der Waals surface area (Å²) in [6, 6.07) is 8.92. The summed E-state index contributed by atoms with van der Waals surface area (Å²) in [7, 11) is 0. The number of ether oxygens (including phenoxy) is 1. The zero-order chi connectivity index (χ0) is 14.5. The molecule has 1 heterocycles. The average Bonchev–Trinajstić information content (AvgIpc) is 2.88. The van der Waals surface area contributed by atoms with Crippen LogP contribution in [0.2, 0.25) is 5.02 Å². The molecule has 0 saturated heterocycles. The molecule has 20 heavy (non-hydrogen) atoms. The molecule has 1 atom stereocenters. The molecule has 0 N–H and O–H groups in total. The first kappa shape index (κ1) is 14.0. The number of aromatic nitrogens is 3. The smallest absolute Gasteiger partial charge is 0.360 e. The molecule has 0 spiro atoms. The van der Waals surface area contributed by atoms with Gasteiger partial charge in [0, 0.05) is 5.02 Å². The van der Waals surface area contributed by atoms with E-state index < -0.39 is 12.1 Å². The van der Waals surface area contributed by atoms with Gasteiger partial charge in [0.2, 0.25) is 0 Å². The fraction of sp³-hybridized carbons (Fsp3) is 0.231. The highest BCUT2D eigenvalue weighted by Crippen LogP contribution is 2.14. The minimum absolute atomic E-state index is 0.0785. The molecule has 0 unspecified atom stereocenters. The molecular formula is C13H11ClN4O2. The Kier molecular flexibility index (Phi) is 4.33. The maximum absolute atomic E-state index is 11.8. The third-order valence-electron chi connectivity index (χ3n) is 2.46. The van der Waals surface area contributed by atoms with Crippen LogP contribution in [0.4, 0.5) is 0 Å². The van der Waals surface area contributed by atoms with Gasteiger partial charge < -0.3 is 4.74 Å². The second-order valence-corrected chi connectivity index (χ2v) is 4.54. The van der Waals surface area contributed by atoms with Crippen molar-refractivity contribution in [2.45, 2.75) is 19.4 Å². The molecule has 0 saturated carbocycles. The molecule has 102 valence electrons. The molecule has 0 aliphatic carbocycles. The predicted molar refractivity (Wildman–Crippen MR) is 71.5 cm³/mol. The molecule has 0 amide bonds. The third kappa shape index (κ3) is 3.33. The molecule has 0 aliphatic rings. The Labute approximate surface area is 120 Å². The normalized spacial score (nSPS) is 11.7. The summed E-state index contributed by atoms with van der Waals surface area (Å²) in [5.74, 6) is -0.610. The molecule has 0 aliphatic heterocycles. The van der Waals surface area contributed by atoms with Gasteiger partial charge >= 0.3 is 5.97 Å². The van der Waals surface area contributed by atoms with Crippen LogP contribution in [0.25, 0.3) is 5.69 Å². The lowest BCUT2D eigenvalue weighted by atomic mass is 10.3. The topological polar surface area (TPSA) is 80.8 Å². The number of rotatable bonds is 4. The SMILES string of the molecule is C[C@@H](CC#N)OC(=O)c1cn(-c2cccc(Cl)c2)nn1. The highest BCUT2D eigenvalue weighted by Gasteiger charge is 2.16. The van der Waals surface area contributed by atoms with Gasteiger partial charge in [-0.25, -0.2) is 9.48 Å². The van der Waals surface area contributed by atoms with Crippen molar-refractivity contribution in [1.82, 2.24) is 15.0 Å². The van der Waals surface area contributed by atoms with Crippen LogP contribution in [0.3, 0.4) is 0 Å². The zero-order valence-corrected chi connectivity index (χ0v) is 11.4. The average molecular weight is 291 g/mol. The number of carbonyl (C=O) groups is 1. The van der Waals surface area contributed by atoms with Crippen LogP contribution in [0.1, 0.15) is 23.8 Å². The fourth-order valence-corrected chi connectivity index (χ4v) is 1.70. The van der Waals surface area contributed by atoms with Gasteiger partial charge in [-0.3, -0.25) is 0 Å². The lowest BCUT2D eigenvalue weighted by Crippen LogP contribution is -2.14. The fourth-order valence-electron chi connectivity index (χ4n) is 1.52. The summed E-state index contributed by atoms with van der Waals surface area (Å²) in [5.41, 5.74) is 0.767. The van der Waals surface area contributed by atoms with Crippen molar-refractivity contribution in [1.29, 1.82) is 5.26 Å². The van der Waals surface area contributed by atoms with E-state index in [0.29, 0.717) is 10.7 Å². The van der Waals surface area contributed by atoms with Crippen molar-refractivity contribution < 1.29 is 9.53 Å². The molecule has 0 radical (unpaired) electrons. The van der Waals surface area contributed by atoms with Gasteiger partial charge in [-0.2, -0.15) is 5.26 Å². The van der Waals surface area contributed by atoms with E-state index in [1.54, 1.807) is 31.2 Å². The Morgan fingerprint density at radius 3 is 3.10 bits per heavy atom. The lowest BCUT2D eigenvalue weighted by molar-refractivity contribution is 0.0344. The molecule has 6 nitrogen and oxygen atoms in total. The Balaban J connectivity index is 2.13. The monoisotopic (exact) mass is 290 g/mol. The van der Waals surface area contributed by atoms with Crippen molar-refractivity contribution in [3.63, 3.8) is 0 Å². The molecule has 7 heteroatoms. The number of benzene rings is 1. The molecule has 2 rings (SSSR count). The second-order valence-electron chi connectivity index (χ2n) is 4.11. The number of carbonyl (C=O) groups excluding carboxylic acids is 1. The first-order chi connectivity index (χ1) is 9.60. The highest BCUT2D eigenvalue weighted by atomic mass is 35.5. The molecule has 2 aromatic rings. The van der Waals surface area contributed by atoms with Gasteiger partial charge in [0.1, 0.15) is 6.10 Å². The van der Waals surface area contributed by atoms with Gasteiger partial charge in [0.15, 0.2) is 5.69 Å². The minimum atomic E-state index is -0.610. The van der Waals surface area contributed by atoms with Crippen LogP contribution in [0, 0.1) is 11.3 Å². The van der Waals surface area contributed by atoms with E-state index in [9.17, 15) is 4.79 Å². The van der Waals surface area contributed by atoms with Crippen LogP contribution in [-0.2, 0) is 4.74 Å². The largest absolute Gasteiger partial charge is 0.457 e. The third-order valence-corrected chi connectivity index (χ3v) is 2.70. The number of esters is 1. The number of nitrogens with zero attached hydrogens (tertiary/aromatic N) is 4. The van der Waals surface area contributed by atoms with Gasteiger partial charge in [0.05, 0.1) is 24.4 Å². The first-order valence-electron chi connectivity index (χ1n) is 5.86. The highest BCUT2D eigenvalue weighted by molar-refractivity contribution is 6.30. The Bertz CT molecular complexity index is 662. The van der Waals surface area contributed by atoms with Gasteiger partial charge in [-0.05, 0) is 25.1 Å². The van der Waals surface area contributed by atoms with Crippen molar-refractivity contribution in [3.05, 3.63) is 41.2 Å². The van der Waals surface area contributed by atoms with Crippen LogP contribution < -0.4 is 0 Å². The maximum Gasteiger partial charge on any atom is 0.360 e. The summed E-state index contributed by atoms with van der Waals surface area (Å²) in [6.45, 7) is 1.64. The maximum atomic E-state index is 11.8. The molecule has 1 aromatic carbocycles. The number of hydrogen-bond donors (Lipinski definition) is 0. The Morgan fingerprint density at radius 2 is 2.40 bits per heavy atom. The number of nitriles is 1. The van der Waals surface area contributed by atoms with Crippen molar-refractivity contribution in [2.24, 2.45) is 0 Å². The second kappa shape index (κ2) is 6.17. The lowest BCUT2D eigenvalue weighted by Gasteiger charge is -2.07. The zero-order valence-electron chi connectivity index (χ0n) is 10.7. The van der Waals surface area contributed by atoms with Crippen molar-refractivity contribution >= 4 is 17.6 Å². The van der Waals surface area contributed by atoms with E-state index >= 15 is 0 Å². The predicted octanol–water partition coefficient (Wildman–Crippen LogP) is 2.38. The van der Waals surface area contributed by atoms with E-state index in [1.807, 2.05) is 6.07 Å². The minimum Gasteiger partial charge on any atom is -0.457 e. The van der Waals surface area contributed by atoms with Crippen LogP contribution in [0.15, 0.2) is 30.5 Å². The van der Waals surface area contributed by atoms with Crippen molar-refractivity contribution in [2.75, 3.05) is 0 Å². The van der Waals surface area contributed by atoms with Crippen molar-refractivity contribution in [3.8, 4) is 11.8 Å². The van der Waals surface area contributed by atoms with E-state index in [4.69, 9.17) is 21.6 Å². The summed E-state index contributed by atoms with van der Waals surface area (Å²) in [5, 5.41) is 16.7. The molecule has 0 fully saturated rings. The molecular weight excluding hydrogens is 280 g/mol. The first-order valence-corrected chi connectivity index (χ1v) is 6.24. The quantitative estimate of drug-likeness (QED) is 0.808. The van der Waals surface area contributed by atoms with E-state index in [0.717, 1.165) is 0 Å². The standard InChI is InChI=1S/C13H11ClN4O2/c1-9(5-6-15)20-13(19)12-8-18(17-16-12)11-4-2-3-10(14)7-11/h2-4,7-9H,5H2,1H3/t9-/m0/s1. The van der Waals surface area contributed by atoms with E-state index in [1.165, 1.54) is 10.9 Å². The van der Waals surface area contributed by atoms with Gasteiger partial charge in [-0.15, -0.1) is 5.10 Å². The van der Waals surface area contributed by atoms with Crippen LogP contribution >= 0.6 is 11.6 Å². The van der Waals surface area contributed by atoms with E-state index in [-0.39, 0.29) is 12.1 Å². The van der Waals surface area contributed by atoms with Crippen LogP contribution in [0.5, 0.6) is 0 Å².